The van der Waals surface area contributed by atoms with Gasteiger partial charge in [0.15, 0.2) is 0 Å². The normalized spacial score (nSPS) is 37.9. The van der Waals surface area contributed by atoms with E-state index in [1.807, 2.05) is 0 Å². The van der Waals surface area contributed by atoms with Gasteiger partial charge in [-0.05, 0) is 6.42 Å². The van der Waals surface area contributed by atoms with Crippen molar-refractivity contribution in [2.45, 2.75) is 30.8 Å². The first-order valence-electron chi connectivity index (χ1n) is 4.51. The monoisotopic (exact) mass is 242 g/mol. The van der Waals surface area contributed by atoms with E-state index >= 15 is 0 Å². The number of aliphatic hydroxyl groups is 3. The number of hydrogen-bond acceptors (Lipinski definition) is 5. The molecule has 5 N–H and O–H groups in total. The predicted molar refractivity (Wildman–Crippen MR) is 49.3 cm³/mol. The van der Waals surface area contributed by atoms with Crippen LogP contribution in [-0.4, -0.2) is 62.3 Å². The summed E-state index contributed by atoms with van der Waals surface area (Å²) in [6.45, 7) is -0.149. The van der Waals surface area contributed by atoms with Crippen molar-refractivity contribution in [3.05, 3.63) is 0 Å². The highest BCUT2D eigenvalue weighted by molar-refractivity contribution is 7.51. The molecule has 0 radical (unpaired) electrons. The largest absolute Gasteiger partial charge is 0.388 e. The molecule has 15 heavy (non-hydrogen) atoms. The van der Waals surface area contributed by atoms with Gasteiger partial charge < -0.3 is 29.8 Å². The van der Waals surface area contributed by atoms with Crippen molar-refractivity contribution >= 4 is 7.60 Å². The van der Waals surface area contributed by atoms with Crippen LogP contribution < -0.4 is 0 Å². The van der Waals surface area contributed by atoms with Gasteiger partial charge >= 0.3 is 7.60 Å². The van der Waals surface area contributed by atoms with Crippen molar-refractivity contribution in [2.75, 3.05) is 12.8 Å². The second-order valence-corrected chi connectivity index (χ2v) is 5.37. The summed E-state index contributed by atoms with van der Waals surface area (Å²) in [7, 11) is -4.13. The Labute approximate surface area is 86.5 Å². The second-order valence-electron chi connectivity index (χ2n) is 3.60. The highest BCUT2D eigenvalue weighted by Gasteiger charge is 2.37. The SMILES string of the molecule is O=P(O)(O)CCC1OCC(O)C(O)C1O. The van der Waals surface area contributed by atoms with Crippen molar-refractivity contribution < 1.29 is 34.4 Å². The summed E-state index contributed by atoms with van der Waals surface area (Å²) >= 11 is 0. The van der Waals surface area contributed by atoms with E-state index in [1.54, 1.807) is 0 Å². The van der Waals surface area contributed by atoms with Crippen LogP contribution in [0, 0.1) is 0 Å². The Morgan fingerprint density at radius 1 is 1.20 bits per heavy atom. The Balaban J connectivity index is 2.46. The van der Waals surface area contributed by atoms with E-state index in [9.17, 15) is 14.8 Å². The zero-order valence-electron chi connectivity index (χ0n) is 7.93. The number of aliphatic hydroxyl groups excluding tert-OH is 3. The van der Waals surface area contributed by atoms with E-state index in [0.717, 1.165) is 0 Å². The first-order valence-corrected chi connectivity index (χ1v) is 6.31. The second kappa shape index (κ2) is 4.88. The molecule has 7 nitrogen and oxygen atoms in total. The summed E-state index contributed by atoms with van der Waals surface area (Å²) in [4.78, 5) is 17.2. The smallest absolute Gasteiger partial charge is 0.325 e. The lowest BCUT2D eigenvalue weighted by Crippen LogP contribution is -2.52. The lowest BCUT2D eigenvalue weighted by atomic mass is 9.99. The fourth-order valence-corrected chi connectivity index (χ4v) is 2.01. The molecule has 0 saturated carbocycles. The van der Waals surface area contributed by atoms with Crippen molar-refractivity contribution in [1.82, 2.24) is 0 Å². The fourth-order valence-electron chi connectivity index (χ4n) is 1.42. The van der Waals surface area contributed by atoms with Gasteiger partial charge in [-0.15, -0.1) is 0 Å². The van der Waals surface area contributed by atoms with Gasteiger partial charge in [-0.1, -0.05) is 0 Å². The van der Waals surface area contributed by atoms with E-state index < -0.39 is 38.2 Å². The van der Waals surface area contributed by atoms with Gasteiger partial charge in [0, 0.05) is 0 Å². The summed E-state index contributed by atoms with van der Waals surface area (Å²) in [5.74, 6) is 0. The number of rotatable bonds is 3. The van der Waals surface area contributed by atoms with Gasteiger partial charge in [0.2, 0.25) is 0 Å². The molecule has 1 heterocycles. The molecular formula is C7H15O7P. The standard InChI is InChI=1S/C7H15O7P/c8-4-3-14-5(7(10)6(4)9)1-2-15(11,12)13/h4-10H,1-3H2,(H2,11,12,13). The third kappa shape index (κ3) is 3.81. The van der Waals surface area contributed by atoms with Gasteiger partial charge in [0.05, 0.1) is 18.9 Å². The maximum absolute atomic E-state index is 10.6. The first-order chi connectivity index (χ1) is 6.81. The molecule has 4 unspecified atom stereocenters. The van der Waals surface area contributed by atoms with Crippen molar-refractivity contribution in [1.29, 1.82) is 0 Å². The van der Waals surface area contributed by atoms with Crippen LogP contribution in [0.3, 0.4) is 0 Å². The molecule has 0 spiro atoms. The van der Waals surface area contributed by atoms with Crippen molar-refractivity contribution in [3.8, 4) is 0 Å². The zero-order valence-corrected chi connectivity index (χ0v) is 8.82. The predicted octanol–water partition coefficient (Wildman–Crippen LogP) is -1.96. The molecule has 0 aromatic rings. The number of hydrogen-bond donors (Lipinski definition) is 5. The molecule has 1 aliphatic rings. The van der Waals surface area contributed by atoms with E-state index in [-0.39, 0.29) is 13.0 Å². The van der Waals surface area contributed by atoms with Crippen LogP contribution in [0.5, 0.6) is 0 Å². The molecule has 0 amide bonds. The van der Waals surface area contributed by atoms with Crippen LogP contribution in [0.2, 0.25) is 0 Å². The molecule has 8 heteroatoms. The quantitative estimate of drug-likeness (QED) is 0.363. The molecule has 0 aliphatic carbocycles. The summed E-state index contributed by atoms with van der Waals surface area (Å²) in [5.41, 5.74) is 0. The van der Waals surface area contributed by atoms with Gasteiger partial charge in [0.25, 0.3) is 0 Å². The lowest BCUT2D eigenvalue weighted by molar-refractivity contribution is -0.187. The van der Waals surface area contributed by atoms with Gasteiger partial charge in [-0.3, -0.25) is 4.57 Å². The van der Waals surface area contributed by atoms with Crippen LogP contribution in [0.25, 0.3) is 0 Å². The van der Waals surface area contributed by atoms with Crippen LogP contribution in [0.4, 0.5) is 0 Å². The zero-order chi connectivity index (χ0) is 11.6. The topological polar surface area (TPSA) is 127 Å². The Kier molecular flexibility index (Phi) is 4.25. The minimum atomic E-state index is -4.13. The molecular weight excluding hydrogens is 227 g/mol. The maximum Gasteiger partial charge on any atom is 0.325 e. The third-order valence-corrected chi connectivity index (χ3v) is 3.15. The van der Waals surface area contributed by atoms with E-state index in [2.05, 4.69) is 0 Å². The molecule has 1 rings (SSSR count). The molecule has 1 fully saturated rings. The van der Waals surface area contributed by atoms with Gasteiger partial charge in [-0.2, -0.15) is 0 Å². The first kappa shape index (κ1) is 13.1. The Bertz CT molecular complexity index is 252. The molecule has 1 saturated heterocycles. The minimum Gasteiger partial charge on any atom is -0.388 e. The maximum atomic E-state index is 10.6. The summed E-state index contributed by atoms with van der Waals surface area (Å²) in [6.07, 6.45) is -5.14. The lowest BCUT2D eigenvalue weighted by Gasteiger charge is -2.35. The van der Waals surface area contributed by atoms with Crippen molar-refractivity contribution in [2.24, 2.45) is 0 Å². The highest BCUT2D eigenvalue weighted by atomic mass is 31.2. The Morgan fingerprint density at radius 2 is 1.80 bits per heavy atom. The van der Waals surface area contributed by atoms with Crippen LogP contribution in [-0.2, 0) is 9.30 Å². The van der Waals surface area contributed by atoms with Crippen molar-refractivity contribution in [3.63, 3.8) is 0 Å². The highest BCUT2D eigenvalue weighted by Crippen LogP contribution is 2.36. The van der Waals surface area contributed by atoms with Gasteiger partial charge in [0.1, 0.15) is 18.3 Å². The summed E-state index contributed by atoms with van der Waals surface area (Å²) in [5, 5.41) is 27.8. The van der Waals surface area contributed by atoms with Gasteiger partial charge in [-0.25, -0.2) is 0 Å². The minimum absolute atomic E-state index is 0.0603. The average Bonchev–Trinajstić information content (AvgIpc) is 2.12. The summed E-state index contributed by atoms with van der Waals surface area (Å²) in [6, 6.07) is 0. The molecule has 90 valence electrons. The molecule has 0 aromatic heterocycles. The van der Waals surface area contributed by atoms with Crippen LogP contribution in [0.1, 0.15) is 6.42 Å². The fraction of sp³-hybridized carbons (Fsp3) is 1.00. The molecule has 4 atom stereocenters. The van der Waals surface area contributed by atoms with E-state index in [4.69, 9.17) is 19.6 Å². The molecule has 0 bridgehead atoms. The van der Waals surface area contributed by atoms with Crippen LogP contribution in [0.15, 0.2) is 0 Å². The average molecular weight is 242 g/mol. The summed E-state index contributed by atoms with van der Waals surface area (Å²) < 4.78 is 15.5. The Hall–Kier alpha value is -0.0100. The number of ether oxygens (including phenoxy) is 1. The third-order valence-electron chi connectivity index (χ3n) is 2.31. The molecule has 1 aliphatic heterocycles. The van der Waals surface area contributed by atoms with E-state index in [1.165, 1.54) is 0 Å². The Morgan fingerprint density at radius 3 is 2.33 bits per heavy atom. The van der Waals surface area contributed by atoms with Crippen LogP contribution >= 0.6 is 7.60 Å². The molecule has 0 aromatic carbocycles. The van der Waals surface area contributed by atoms with E-state index in [0.29, 0.717) is 0 Å².